The van der Waals surface area contributed by atoms with Gasteiger partial charge in [-0.3, -0.25) is 4.98 Å². The van der Waals surface area contributed by atoms with Crippen LogP contribution in [0.1, 0.15) is 11.3 Å². The molecule has 0 spiro atoms. The van der Waals surface area contributed by atoms with Gasteiger partial charge in [-0.25, -0.2) is 13.1 Å². The average Bonchev–Trinajstić information content (AvgIpc) is 3.03. The predicted molar refractivity (Wildman–Crippen MR) is 102 cm³/mol. The Hall–Kier alpha value is -2.49. The van der Waals surface area contributed by atoms with Gasteiger partial charge in [0.15, 0.2) is 5.58 Å². The lowest BCUT2D eigenvalue weighted by Crippen LogP contribution is -2.25. The largest absolute Gasteiger partial charge is 0.490 e. The van der Waals surface area contributed by atoms with Crippen molar-refractivity contribution in [3.63, 3.8) is 0 Å². The highest BCUT2D eigenvalue weighted by Gasteiger charge is 2.18. The van der Waals surface area contributed by atoms with Gasteiger partial charge in [0.1, 0.15) is 23.8 Å². The van der Waals surface area contributed by atoms with Crippen LogP contribution in [0.4, 0.5) is 0 Å². The van der Waals surface area contributed by atoms with Crippen LogP contribution in [-0.2, 0) is 22.3 Å². The minimum atomic E-state index is -3.60. The molecule has 0 atom stereocenters. The maximum absolute atomic E-state index is 12.5. The Bertz CT molecular complexity index is 1000. The summed E-state index contributed by atoms with van der Waals surface area (Å²) in [6.07, 6.45) is 3.19. The molecule has 3 aromatic rings. The van der Waals surface area contributed by atoms with Crippen LogP contribution in [0.3, 0.4) is 0 Å². The lowest BCUT2D eigenvalue weighted by molar-refractivity contribution is 0.258. The van der Waals surface area contributed by atoms with Crippen LogP contribution in [0.15, 0.2) is 47.2 Å². The Kier molecular flexibility index (Phi) is 6.04. The summed E-state index contributed by atoms with van der Waals surface area (Å²) in [4.78, 5) is 6.05. The highest BCUT2D eigenvalue weighted by molar-refractivity contribution is 7.88. The van der Waals surface area contributed by atoms with E-state index in [9.17, 15) is 8.42 Å². The van der Waals surface area contributed by atoms with Gasteiger partial charge in [-0.05, 0) is 32.3 Å². The fraction of sp³-hybridized carbons (Fsp3) is 0.333. The summed E-state index contributed by atoms with van der Waals surface area (Å²) in [5, 5.41) is 4.57. The van der Waals surface area contributed by atoms with E-state index in [-0.39, 0.29) is 12.3 Å². The lowest BCUT2D eigenvalue weighted by Gasteiger charge is -2.14. The molecule has 0 aliphatic heterocycles. The van der Waals surface area contributed by atoms with Crippen LogP contribution in [0.5, 0.6) is 5.75 Å². The van der Waals surface area contributed by atoms with Crippen molar-refractivity contribution in [2.75, 3.05) is 27.2 Å². The van der Waals surface area contributed by atoms with E-state index in [1.807, 2.05) is 31.1 Å². The number of para-hydroxylation sites is 1. The van der Waals surface area contributed by atoms with Crippen LogP contribution < -0.4 is 9.46 Å². The smallest absolute Gasteiger partial charge is 0.217 e. The Labute approximate surface area is 158 Å². The van der Waals surface area contributed by atoms with Gasteiger partial charge < -0.3 is 14.2 Å². The second kappa shape index (κ2) is 8.47. The van der Waals surface area contributed by atoms with Crippen LogP contribution in [0.25, 0.3) is 11.0 Å². The molecule has 0 radical (unpaired) electrons. The molecule has 2 aromatic heterocycles. The third kappa shape index (κ3) is 5.25. The quantitative estimate of drug-likeness (QED) is 0.595. The van der Waals surface area contributed by atoms with Crippen molar-refractivity contribution in [3.05, 3.63) is 54.0 Å². The van der Waals surface area contributed by atoms with E-state index in [2.05, 4.69) is 14.9 Å². The van der Waals surface area contributed by atoms with Gasteiger partial charge in [-0.1, -0.05) is 17.3 Å². The summed E-state index contributed by atoms with van der Waals surface area (Å²) in [6, 6.07) is 8.90. The SMILES string of the molecule is CN(C)CCOc1cnccc1CNS(=O)(=O)Cc1noc2ccccc12. The van der Waals surface area contributed by atoms with Gasteiger partial charge in [0, 0.05) is 30.2 Å². The monoisotopic (exact) mass is 390 g/mol. The fourth-order valence-corrected chi connectivity index (χ4v) is 3.53. The fourth-order valence-electron chi connectivity index (χ4n) is 2.48. The number of hydrogen-bond donors (Lipinski definition) is 1. The first kappa shape index (κ1) is 19.3. The summed E-state index contributed by atoms with van der Waals surface area (Å²) in [7, 11) is 0.306. The van der Waals surface area contributed by atoms with Crippen molar-refractivity contribution in [1.82, 2.24) is 19.8 Å². The highest BCUT2D eigenvalue weighted by atomic mass is 32.2. The second-order valence-corrected chi connectivity index (χ2v) is 8.15. The van der Waals surface area contributed by atoms with E-state index in [1.54, 1.807) is 30.6 Å². The Morgan fingerprint density at radius 3 is 2.85 bits per heavy atom. The van der Waals surface area contributed by atoms with Crippen molar-refractivity contribution in [3.8, 4) is 5.75 Å². The molecule has 9 heteroatoms. The third-order valence-electron chi connectivity index (χ3n) is 3.93. The molecule has 3 rings (SSSR count). The average molecular weight is 390 g/mol. The van der Waals surface area contributed by atoms with Gasteiger partial charge >= 0.3 is 0 Å². The molecule has 0 bridgehead atoms. The number of sulfonamides is 1. The predicted octanol–water partition coefficient (Wildman–Crippen LogP) is 1.78. The number of pyridine rings is 1. The number of hydrogen-bond acceptors (Lipinski definition) is 7. The molecule has 0 aliphatic rings. The summed E-state index contributed by atoms with van der Waals surface area (Å²) in [5.74, 6) is 0.306. The number of nitrogens with zero attached hydrogens (tertiary/aromatic N) is 3. The molecular formula is C18H22N4O4S. The molecule has 144 valence electrons. The van der Waals surface area contributed by atoms with Crippen LogP contribution in [0, 0.1) is 0 Å². The third-order valence-corrected chi connectivity index (χ3v) is 5.17. The molecule has 0 fully saturated rings. The molecule has 0 unspecified atom stereocenters. The van der Waals surface area contributed by atoms with Crippen molar-refractivity contribution < 1.29 is 17.7 Å². The second-order valence-electron chi connectivity index (χ2n) is 6.34. The van der Waals surface area contributed by atoms with E-state index < -0.39 is 10.0 Å². The topological polar surface area (TPSA) is 97.6 Å². The van der Waals surface area contributed by atoms with E-state index >= 15 is 0 Å². The molecule has 2 heterocycles. The molecular weight excluding hydrogens is 368 g/mol. The standard InChI is InChI=1S/C18H22N4O4S/c1-22(2)9-10-25-18-12-19-8-7-14(18)11-20-27(23,24)13-16-15-5-3-4-6-17(15)26-21-16/h3-8,12,20H,9-11,13H2,1-2H3. The Morgan fingerprint density at radius 2 is 2.04 bits per heavy atom. The van der Waals surface area contributed by atoms with Crippen LogP contribution >= 0.6 is 0 Å². The minimum absolute atomic E-state index is 0.109. The number of fused-ring (bicyclic) bond motifs is 1. The van der Waals surface area contributed by atoms with Gasteiger partial charge in [-0.15, -0.1) is 0 Å². The van der Waals surface area contributed by atoms with E-state index in [1.165, 1.54) is 0 Å². The molecule has 0 aliphatic carbocycles. The van der Waals surface area contributed by atoms with Crippen LogP contribution in [0.2, 0.25) is 0 Å². The molecule has 0 saturated carbocycles. The molecule has 27 heavy (non-hydrogen) atoms. The zero-order valence-electron chi connectivity index (χ0n) is 15.3. The summed E-state index contributed by atoms with van der Waals surface area (Å²) in [5.41, 5.74) is 1.67. The molecule has 1 N–H and O–H groups in total. The van der Waals surface area contributed by atoms with Crippen molar-refractivity contribution in [2.24, 2.45) is 0 Å². The summed E-state index contributed by atoms with van der Waals surface area (Å²) < 4.78 is 38.4. The van der Waals surface area contributed by atoms with Crippen LogP contribution in [-0.4, -0.2) is 50.7 Å². The van der Waals surface area contributed by atoms with E-state index in [0.29, 0.717) is 29.0 Å². The Morgan fingerprint density at radius 1 is 1.22 bits per heavy atom. The first-order valence-electron chi connectivity index (χ1n) is 8.45. The highest BCUT2D eigenvalue weighted by Crippen LogP contribution is 2.20. The van der Waals surface area contributed by atoms with Gasteiger partial charge in [0.25, 0.3) is 0 Å². The van der Waals surface area contributed by atoms with Crippen molar-refractivity contribution in [1.29, 1.82) is 0 Å². The molecule has 0 amide bonds. The number of aromatic nitrogens is 2. The first-order chi connectivity index (χ1) is 12.9. The van der Waals surface area contributed by atoms with E-state index in [0.717, 1.165) is 12.1 Å². The van der Waals surface area contributed by atoms with Crippen molar-refractivity contribution >= 4 is 21.0 Å². The maximum Gasteiger partial charge on any atom is 0.217 e. The number of benzene rings is 1. The van der Waals surface area contributed by atoms with E-state index in [4.69, 9.17) is 9.26 Å². The Balaban J connectivity index is 1.65. The number of ether oxygens (including phenoxy) is 1. The zero-order valence-corrected chi connectivity index (χ0v) is 16.1. The van der Waals surface area contributed by atoms with Crippen molar-refractivity contribution in [2.45, 2.75) is 12.3 Å². The number of rotatable bonds is 9. The summed E-state index contributed by atoms with van der Waals surface area (Å²) >= 11 is 0. The summed E-state index contributed by atoms with van der Waals surface area (Å²) in [6.45, 7) is 1.35. The van der Waals surface area contributed by atoms with Gasteiger partial charge in [0.05, 0.1) is 6.20 Å². The van der Waals surface area contributed by atoms with Gasteiger partial charge in [-0.2, -0.15) is 0 Å². The number of nitrogens with one attached hydrogen (secondary N) is 1. The molecule has 8 nitrogen and oxygen atoms in total. The molecule has 0 saturated heterocycles. The lowest BCUT2D eigenvalue weighted by atomic mass is 10.2. The van der Waals surface area contributed by atoms with Gasteiger partial charge in [0.2, 0.25) is 10.0 Å². The first-order valence-corrected chi connectivity index (χ1v) is 10.1. The maximum atomic E-state index is 12.5. The molecule has 1 aromatic carbocycles. The number of likely N-dealkylation sites (N-methyl/N-ethyl adjacent to an activating group) is 1. The zero-order chi connectivity index (χ0) is 19.3. The minimum Gasteiger partial charge on any atom is -0.490 e. The normalized spacial score (nSPS) is 12.0.